The summed E-state index contributed by atoms with van der Waals surface area (Å²) in [6.45, 7) is 9.82. The van der Waals surface area contributed by atoms with Gasteiger partial charge in [0.05, 0.1) is 27.5 Å². The Morgan fingerprint density at radius 1 is 1.27 bits per heavy atom. The van der Waals surface area contributed by atoms with Crippen LogP contribution in [0.15, 0.2) is 49.1 Å². The van der Waals surface area contributed by atoms with Gasteiger partial charge in [-0.2, -0.15) is 18.3 Å². The number of carbonyl (C=O) groups excluding carboxylic acids is 1. The van der Waals surface area contributed by atoms with Crippen molar-refractivity contribution in [3.63, 3.8) is 0 Å². The van der Waals surface area contributed by atoms with E-state index in [1.54, 1.807) is 0 Å². The Labute approximate surface area is 172 Å². The molecule has 0 radical (unpaired) electrons. The second kappa shape index (κ2) is 7.56. The number of H-pyrrole nitrogens is 1. The van der Waals surface area contributed by atoms with E-state index in [1.165, 1.54) is 26.1 Å². The Kier molecular flexibility index (Phi) is 5.42. The molecule has 0 spiro atoms. The van der Waals surface area contributed by atoms with Crippen LogP contribution in [-0.4, -0.2) is 26.6 Å². The summed E-state index contributed by atoms with van der Waals surface area (Å²) in [4.78, 5) is 16.7. The zero-order valence-electron chi connectivity index (χ0n) is 15.9. The van der Waals surface area contributed by atoms with Crippen LogP contribution in [0.3, 0.4) is 0 Å². The molecule has 3 aromatic rings. The van der Waals surface area contributed by atoms with Gasteiger partial charge in [0.15, 0.2) is 5.13 Å². The fourth-order valence-corrected chi connectivity index (χ4v) is 3.70. The molecule has 0 atom stereocenters. The quantitative estimate of drug-likeness (QED) is 0.371. The molecule has 0 fully saturated rings. The highest BCUT2D eigenvalue weighted by molar-refractivity contribution is 7.23. The SMILES string of the molecule is C=C(F)/C=C\C(=C)NC(C)(C)C(=O)Nc1nc2c(C(F)(F)F)cc3[nH]ncc3c2s1. The third kappa shape index (κ3) is 4.35. The zero-order chi connectivity index (χ0) is 22.3. The van der Waals surface area contributed by atoms with Gasteiger partial charge in [-0.1, -0.05) is 24.5 Å². The monoisotopic (exact) mass is 439 g/mol. The molecule has 2 aromatic heterocycles. The molecule has 0 saturated carbocycles. The molecule has 1 amide bonds. The number of amides is 1. The Morgan fingerprint density at radius 3 is 2.60 bits per heavy atom. The maximum Gasteiger partial charge on any atom is 0.418 e. The van der Waals surface area contributed by atoms with Gasteiger partial charge in [0.1, 0.15) is 11.4 Å². The van der Waals surface area contributed by atoms with Crippen LogP contribution >= 0.6 is 11.3 Å². The molecule has 2 heterocycles. The molecule has 6 nitrogen and oxygen atoms in total. The summed E-state index contributed by atoms with van der Waals surface area (Å²) >= 11 is 0.911. The molecule has 0 aliphatic heterocycles. The van der Waals surface area contributed by atoms with Crippen molar-refractivity contribution in [1.29, 1.82) is 0 Å². The first-order valence-electron chi connectivity index (χ1n) is 8.53. The first kappa shape index (κ1) is 21.5. The van der Waals surface area contributed by atoms with E-state index in [0.29, 0.717) is 5.39 Å². The van der Waals surface area contributed by atoms with E-state index in [4.69, 9.17) is 0 Å². The lowest BCUT2D eigenvalue weighted by atomic mass is 10.0. The van der Waals surface area contributed by atoms with E-state index in [2.05, 4.69) is 39.0 Å². The molecule has 30 heavy (non-hydrogen) atoms. The number of nitrogens with zero attached hydrogens (tertiary/aromatic N) is 2. The van der Waals surface area contributed by atoms with E-state index in [1.807, 2.05) is 0 Å². The van der Waals surface area contributed by atoms with Gasteiger partial charge in [0.25, 0.3) is 5.91 Å². The van der Waals surface area contributed by atoms with Gasteiger partial charge in [-0.05, 0) is 32.1 Å². The number of allylic oxidation sites excluding steroid dienone is 3. The fraction of sp³-hybridized carbons (Fsp3) is 0.211. The highest BCUT2D eigenvalue weighted by atomic mass is 32.1. The van der Waals surface area contributed by atoms with Crippen molar-refractivity contribution in [2.45, 2.75) is 25.6 Å². The second-order valence-corrected chi connectivity index (χ2v) is 7.96. The topological polar surface area (TPSA) is 82.7 Å². The van der Waals surface area contributed by atoms with Crippen LogP contribution in [-0.2, 0) is 11.0 Å². The fourth-order valence-electron chi connectivity index (χ4n) is 2.70. The van der Waals surface area contributed by atoms with Crippen LogP contribution in [0.2, 0.25) is 0 Å². The van der Waals surface area contributed by atoms with Gasteiger partial charge in [-0.15, -0.1) is 0 Å². The Bertz CT molecular complexity index is 1190. The minimum atomic E-state index is -4.63. The maximum atomic E-state index is 13.5. The van der Waals surface area contributed by atoms with Crippen molar-refractivity contribution in [2.75, 3.05) is 5.32 Å². The molecule has 0 unspecified atom stereocenters. The number of carbonyl (C=O) groups is 1. The van der Waals surface area contributed by atoms with E-state index >= 15 is 0 Å². The molecule has 11 heteroatoms. The first-order chi connectivity index (χ1) is 13.9. The van der Waals surface area contributed by atoms with Crippen LogP contribution in [0.1, 0.15) is 19.4 Å². The molecule has 3 N–H and O–H groups in total. The summed E-state index contributed by atoms with van der Waals surface area (Å²) in [5, 5.41) is 12.1. The lowest BCUT2D eigenvalue weighted by molar-refractivity contribution is -0.136. The van der Waals surface area contributed by atoms with Crippen molar-refractivity contribution in [3.05, 3.63) is 54.7 Å². The Morgan fingerprint density at radius 2 is 1.97 bits per heavy atom. The summed E-state index contributed by atoms with van der Waals surface area (Å²) in [5.41, 5.74) is -1.94. The number of aromatic amines is 1. The number of aromatic nitrogens is 3. The predicted molar refractivity (Wildman–Crippen MR) is 109 cm³/mol. The van der Waals surface area contributed by atoms with E-state index in [0.717, 1.165) is 23.5 Å². The summed E-state index contributed by atoms with van der Waals surface area (Å²) in [7, 11) is 0. The number of fused-ring (bicyclic) bond motifs is 3. The van der Waals surface area contributed by atoms with Crippen LogP contribution in [0.5, 0.6) is 0 Å². The Balaban J connectivity index is 1.91. The summed E-state index contributed by atoms with van der Waals surface area (Å²) in [6.07, 6.45) is -0.841. The summed E-state index contributed by atoms with van der Waals surface area (Å²) in [6, 6.07) is 0.941. The smallest absolute Gasteiger partial charge is 0.372 e. The van der Waals surface area contributed by atoms with Gasteiger partial charge in [0.2, 0.25) is 0 Å². The average Bonchev–Trinajstić information content (AvgIpc) is 3.23. The number of hydrogen-bond acceptors (Lipinski definition) is 5. The van der Waals surface area contributed by atoms with Gasteiger partial charge in [0, 0.05) is 11.1 Å². The first-order valence-corrected chi connectivity index (χ1v) is 9.35. The zero-order valence-corrected chi connectivity index (χ0v) is 16.8. The maximum absolute atomic E-state index is 13.5. The van der Waals surface area contributed by atoms with Crippen LogP contribution in [0.25, 0.3) is 21.1 Å². The highest BCUT2D eigenvalue weighted by Crippen LogP contribution is 2.41. The van der Waals surface area contributed by atoms with Crippen molar-refractivity contribution < 1.29 is 22.4 Å². The van der Waals surface area contributed by atoms with Crippen molar-refractivity contribution in [3.8, 4) is 0 Å². The third-order valence-corrected chi connectivity index (χ3v) is 5.12. The number of anilines is 1. The van der Waals surface area contributed by atoms with Crippen LogP contribution in [0, 0.1) is 0 Å². The normalized spacial score (nSPS) is 12.6. The van der Waals surface area contributed by atoms with Gasteiger partial charge >= 0.3 is 6.18 Å². The summed E-state index contributed by atoms with van der Waals surface area (Å²) in [5.74, 6) is -1.24. The minimum absolute atomic E-state index is 0.00219. The third-order valence-electron chi connectivity index (χ3n) is 4.12. The van der Waals surface area contributed by atoms with E-state index in [9.17, 15) is 22.4 Å². The largest absolute Gasteiger partial charge is 0.418 e. The molecule has 0 aliphatic rings. The Hall–Kier alpha value is -3.21. The number of thiazole rings is 1. The predicted octanol–water partition coefficient (Wildman–Crippen LogP) is 5.05. The number of nitrogens with one attached hydrogen (secondary N) is 3. The standard InChI is InChI=1S/C19H17F4N5OS/c1-9(20)5-6-10(2)27-18(3,4)16(29)26-17-25-14-12(19(21,22)23)7-13-11(8-24-28-13)15(14)30-17/h5-8,27H,1-2H2,3-4H3,(H,24,28)(H,25,26,29)/b6-5-. The molecule has 158 valence electrons. The van der Waals surface area contributed by atoms with Crippen molar-refractivity contribution >= 4 is 43.5 Å². The molecular weight excluding hydrogens is 422 g/mol. The number of halogens is 4. The number of alkyl halides is 3. The van der Waals surface area contributed by atoms with Crippen LogP contribution < -0.4 is 10.6 Å². The number of rotatable bonds is 6. The van der Waals surface area contributed by atoms with Crippen molar-refractivity contribution in [2.24, 2.45) is 0 Å². The molecule has 0 aliphatic carbocycles. The molecular formula is C19H17F4N5OS. The number of benzene rings is 1. The molecule has 1 aromatic carbocycles. The summed E-state index contributed by atoms with van der Waals surface area (Å²) < 4.78 is 53.4. The molecule has 0 bridgehead atoms. The average molecular weight is 439 g/mol. The van der Waals surface area contributed by atoms with Gasteiger partial charge in [-0.3, -0.25) is 15.2 Å². The van der Waals surface area contributed by atoms with E-state index in [-0.39, 0.29) is 26.6 Å². The minimum Gasteiger partial charge on any atom is -0.372 e. The highest BCUT2D eigenvalue weighted by Gasteiger charge is 2.36. The lowest BCUT2D eigenvalue weighted by Crippen LogP contribution is -2.48. The lowest BCUT2D eigenvalue weighted by Gasteiger charge is -2.25. The van der Waals surface area contributed by atoms with Crippen molar-refractivity contribution in [1.82, 2.24) is 20.5 Å². The second-order valence-electron chi connectivity index (χ2n) is 6.96. The number of hydrogen-bond donors (Lipinski definition) is 3. The van der Waals surface area contributed by atoms with Crippen LogP contribution in [0.4, 0.5) is 22.7 Å². The molecule has 0 saturated heterocycles. The van der Waals surface area contributed by atoms with Gasteiger partial charge < -0.3 is 5.32 Å². The molecule has 3 rings (SSSR count). The van der Waals surface area contributed by atoms with Gasteiger partial charge in [-0.25, -0.2) is 9.37 Å². The van der Waals surface area contributed by atoms with E-state index < -0.39 is 29.0 Å².